The highest BCUT2D eigenvalue weighted by atomic mass is 16.5. The fourth-order valence-electron chi connectivity index (χ4n) is 3.95. The lowest BCUT2D eigenvalue weighted by atomic mass is 9.72. The van der Waals surface area contributed by atoms with Gasteiger partial charge in [-0.05, 0) is 36.8 Å². The third-order valence-corrected chi connectivity index (χ3v) is 5.49. The van der Waals surface area contributed by atoms with Crippen LogP contribution in [0.2, 0.25) is 0 Å². The molecule has 0 unspecified atom stereocenters. The maximum absolute atomic E-state index is 12.1. The molecule has 0 aliphatic carbocycles. The predicted molar refractivity (Wildman–Crippen MR) is 94.3 cm³/mol. The molecule has 0 aromatic carbocycles. The minimum atomic E-state index is -0.447. The molecule has 2 saturated heterocycles. The summed E-state index contributed by atoms with van der Waals surface area (Å²) in [4.78, 5) is 32.2. The second-order valence-electron chi connectivity index (χ2n) is 7.03. The largest absolute Gasteiger partial charge is 0.383 e. The number of piperidine rings is 2. The Morgan fingerprint density at radius 1 is 1.36 bits per heavy atom. The summed E-state index contributed by atoms with van der Waals surface area (Å²) in [6.45, 7) is 3.68. The number of carbonyl (C=O) groups is 2. The number of pyridine rings is 1. The number of likely N-dealkylation sites (tertiary alicyclic amines) is 1. The lowest BCUT2D eigenvalue weighted by Gasteiger charge is -2.47. The molecule has 2 fully saturated rings. The summed E-state index contributed by atoms with van der Waals surface area (Å²) < 4.78 is 5.12. The monoisotopic (exact) mass is 346 g/mol. The number of aromatic nitrogens is 1. The van der Waals surface area contributed by atoms with Gasteiger partial charge >= 0.3 is 0 Å². The molecule has 1 aromatic rings. The Balaban J connectivity index is 1.67. The zero-order valence-electron chi connectivity index (χ0n) is 14.7. The van der Waals surface area contributed by atoms with Gasteiger partial charge in [0, 0.05) is 45.9 Å². The SMILES string of the molecule is COCCN1CC2(CCC1=O)CCN(c1ncccc1C(N)=O)CC2. The smallest absolute Gasteiger partial charge is 0.252 e. The van der Waals surface area contributed by atoms with Crippen molar-refractivity contribution in [1.82, 2.24) is 9.88 Å². The number of ether oxygens (including phenoxy) is 1. The molecule has 25 heavy (non-hydrogen) atoms. The van der Waals surface area contributed by atoms with E-state index < -0.39 is 5.91 Å². The van der Waals surface area contributed by atoms with Gasteiger partial charge in [-0.2, -0.15) is 0 Å². The quantitative estimate of drug-likeness (QED) is 0.860. The van der Waals surface area contributed by atoms with E-state index in [2.05, 4.69) is 9.88 Å². The topological polar surface area (TPSA) is 88.8 Å². The van der Waals surface area contributed by atoms with Gasteiger partial charge in [0.25, 0.3) is 5.91 Å². The van der Waals surface area contributed by atoms with Crippen molar-refractivity contribution in [3.8, 4) is 0 Å². The average molecular weight is 346 g/mol. The van der Waals surface area contributed by atoms with Crippen LogP contribution in [0.5, 0.6) is 0 Å². The summed E-state index contributed by atoms with van der Waals surface area (Å²) in [6, 6.07) is 3.45. The zero-order valence-corrected chi connectivity index (χ0v) is 14.7. The average Bonchev–Trinajstić information content (AvgIpc) is 2.63. The van der Waals surface area contributed by atoms with Crippen LogP contribution in [0.25, 0.3) is 0 Å². The Morgan fingerprint density at radius 2 is 2.12 bits per heavy atom. The molecule has 136 valence electrons. The van der Waals surface area contributed by atoms with E-state index in [9.17, 15) is 9.59 Å². The Labute approximate surface area is 148 Å². The number of nitrogens with two attached hydrogens (primary N) is 1. The highest BCUT2D eigenvalue weighted by molar-refractivity contribution is 5.97. The summed E-state index contributed by atoms with van der Waals surface area (Å²) in [5.41, 5.74) is 6.11. The molecule has 3 heterocycles. The standard InChI is InChI=1S/C18H26N4O3/c1-25-12-11-22-13-18(5-4-15(22)23)6-9-21(10-7-18)17-14(16(19)24)3-2-8-20-17/h2-3,8H,4-7,9-13H2,1H3,(H2,19,24). The van der Waals surface area contributed by atoms with Crippen LogP contribution in [0.1, 0.15) is 36.0 Å². The summed E-state index contributed by atoms with van der Waals surface area (Å²) in [6.07, 6.45) is 5.21. The molecule has 0 saturated carbocycles. The van der Waals surface area contributed by atoms with Gasteiger partial charge in [-0.1, -0.05) is 0 Å². The summed E-state index contributed by atoms with van der Waals surface area (Å²) in [5.74, 6) is 0.455. The predicted octanol–water partition coefficient (Wildman–Crippen LogP) is 1.04. The van der Waals surface area contributed by atoms with Crippen molar-refractivity contribution in [3.63, 3.8) is 0 Å². The molecule has 0 atom stereocenters. The Morgan fingerprint density at radius 3 is 2.80 bits per heavy atom. The van der Waals surface area contributed by atoms with E-state index in [0.29, 0.717) is 31.0 Å². The van der Waals surface area contributed by atoms with Crippen LogP contribution >= 0.6 is 0 Å². The van der Waals surface area contributed by atoms with Crippen molar-refractivity contribution in [2.75, 3.05) is 44.8 Å². The lowest BCUT2D eigenvalue weighted by molar-refractivity contribution is -0.139. The van der Waals surface area contributed by atoms with Crippen molar-refractivity contribution < 1.29 is 14.3 Å². The van der Waals surface area contributed by atoms with Gasteiger partial charge in [0.1, 0.15) is 5.82 Å². The van der Waals surface area contributed by atoms with Crippen LogP contribution in [0, 0.1) is 5.41 Å². The zero-order chi connectivity index (χ0) is 17.9. The van der Waals surface area contributed by atoms with Gasteiger partial charge in [0.15, 0.2) is 0 Å². The first-order chi connectivity index (χ1) is 12.0. The Kier molecular flexibility index (Phi) is 5.22. The Bertz CT molecular complexity index is 641. The van der Waals surface area contributed by atoms with Gasteiger partial charge in [0.05, 0.1) is 12.2 Å². The highest BCUT2D eigenvalue weighted by Gasteiger charge is 2.41. The van der Waals surface area contributed by atoms with Gasteiger partial charge < -0.3 is 20.3 Å². The van der Waals surface area contributed by atoms with E-state index >= 15 is 0 Å². The normalized spacial score (nSPS) is 20.1. The fourth-order valence-corrected chi connectivity index (χ4v) is 3.95. The van der Waals surface area contributed by atoms with Crippen molar-refractivity contribution in [2.24, 2.45) is 11.1 Å². The number of methoxy groups -OCH3 is 1. The molecule has 2 N–H and O–H groups in total. The molecule has 3 rings (SSSR count). The molecule has 2 aliphatic rings. The summed E-state index contributed by atoms with van der Waals surface area (Å²) in [7, 11) is 1.66. The number of primary amides is 1. The summed E-state index contributed by atoms with van der Waals surface area (Å²) in [5, 5.41) is 0. The van der Waals surface area contributed by atoms with Crippen LogP contribution < -0.4 is 10.6 Å². The Hall–Kier alpha value is -2.15. The molecule has 7 nitrogen and oxygen atoms in total. The molecule has 2 aliphatic heterocycles. The molecule has 1 aromatic heterocycles. The molecule has 0 bridgehead atoms. The molecule has 0 radical (unpaired) electrons. The van der Waals surface area contributed by atoms with Crippen molar-refractivity contribution in [2.45, 2.75) is 25.7 Å². The van der Waals surface area contributed by atoms with Gasteiger partial charge in [-0.3, -0.25) is 9.59 Å². The number of hydrogen-bond acceptors (Lipinski definition) is 5. The third kappa shape index (κ3) is 3.76. The minimum Gasteiger partial charge on any atom is -0.383 e. The van der Waals surface area contributed by atoms with E-state index in [1.54, 1.807) is 25.4 Å². The van der Waals surface area contributed by atoms with Crippen molar-refractivity contribution >= 4 is 17.6 Å². The molecule has 2 amide bonds. The van der Waals surface area contributed by atoms with Crippen molar-refractivity contribution in [3.05, 3.63) is 23.9 Å². The van der Waals surface area contributed by atoms with E-state index in [0.717, 1.165) is 38.9 Å². The second kappa shape index (κ2) is 7.39. The lowest BCUT2D eigenvalue weighted by Crippen LogP contribution is -2.52. The third-order valence-electron chi connectivity index (χ3n) is 5.49. The van der Waals surface area contributed by atoms with E-state index in [4.69, 9.17) is 10.5 Å². The van der Waals surface area contributed by atoms with Crippen LogP contribution in [0.4, 0.5) is 5.82 Å². The van der Waals surface area contributed by atoms with E-state index in [-0.39, 0.29) is 11.3 Å². The highest BCUT2D eigenvalue weighted by Crippen LogP contribution is 2.41. The number of carbonyl (C=O) groups excluding carboxylic acids is 2. The number of nitrogens with zero attached hydrogens (tertiary/aromatic N) is 3. The minimum absolute atomic E-state index is 0.166. The maximum Gasteiger partial charge on any atom is 0.252 e. The second-order valence-corrected chi connectivity index (χ2v) is 7.03. The number of amides is 2. The molecule has 1 spiro atoms. The van der Waals surface area contributed by atoms with E-state index in [1.165, 1.54) is 0 Å². The first-order valence-corrected chi connectivity index (χ1v) is 8.81. The molecular formula is C18H26N4O3. The maximum atomic E-state index is 12.1. The number of anilines is 1. The van der Waals surface area contributed by atoms with Crippen LogP contribution in [0.3, 0.4) is 0 Å². The molecule has 7 heteroatoms. The first kappa shape index (κ1) is 17.7. The van der Waals surface area contributed by atoms with Crippen LogP contribution in [-0.4, -0.2) is 61.6 Å². The van der Waals surface area contributed by atoms with Gasteiger partial charge in [-0.25, -0.2) is 4.98 Å². The van der Waals surface area contributed by atoms with Crippen LogP contribution in [-0.2, 0) is 9.53 Å². The van der Waals surface area contributed by atoms with Crippen molar-refractivity contribution in [1.29, 1.82) is 0 Å². The fraction of sp³-hybridized carbons (Fsp3) is 0.611. The van der Waals surface area contributed by atoms with Gasteiger partial charge in [-0.15, -0.1) is 0 Å². The van der Waals surface area contributed by atoms with Crippen LogP contribution in [0.15, 0.2) is 18.3 Å². The summed E-state index contributed by atoms with van der Waals surface area (Å²) >= 11 is 0. The first-order valence-electron chi connectivity index (χ1n) is 8.81. The van der Waals surface area contributed by atoms with Gasteiger partial charge in [0.2, 0.25) is 5.91 Å². The van der Waals surface area contributed by atoms with E-state index in [1.807, 2.05) is 4.90 Å². The number of rotatable bonds is 5. The number of hydrogen-bond donors (Lipinski definition) is 1. The molecular weight excluding hydrogens is 320 g/mol.